The molecule has 1 rings (SSSR count). The molecule has 0 spiro atoms. The Morgan fingerprint density at radius 3 is 3.14 bits per heavy atom. The zero-order valence-corrected chi connectivity index (χ0v) is 3.59. The van der Waals surface area contributed by atoms with Crippen molar-refractivity contribution in [3.8, 4) is 6.07 Å². The second kappa shape index (κ2) is 1.63. The van der Waals surface area contributed by atoms with Gasteiger partial charge >= 0.3 is 0 Å². The average Bonchev–Trinajstić information content (AvgIpc) is 2.14. The molecule has 0 saturated heterocycles. The highest BCUT2D eigenvalue weighted by atomic mass is 16.7. The minimum Gasteiger partial charge on any atom is -0.377 e. The maximum Gasteiger partial charge on any atom is 0.223 e. The Balaban J connectivity index is 2.57. The number of nitrogens with zero attached hydrogens (tertiary/aromatic N) is 2. The third-order valence-electron chi connectivity index (χ3n) is 0.624. The number of nitriles is 1. The summed E-state index contributed by atoms with van der Waals surface area (Å²) in [7, 11) is 0. The van der Waals surface area contributed by atoms with E-state index in [0.29, 0.717) is 12.3 Å². The normalized spacial score (nSPS) is 17.3. The monoisotopic (exact) mass is 95.0 g/mol. The van der Waals surface area contributed by atoms with Gasteiger partial charge < -0.3 is 4.84 Å². The lowest BCUT2D eigenvalue weighted by Crippen LogP contribution is -1.93. The van der Waals surface area contributed by atoms with Gasteiger partial charge in [0.15, 0.2) is 0 Å². The quantitative estimate of drug-likeness (QED) is 0.423. The number of rotatable bonds is 0. The van der Waals surface area contributed by atoms with E-state index < -0.39 is 0 Å². The number of hydrogen-bond acceptors (Lipinski definition) is 2. The lowest BCUT2D eigenvalue weighted by Gasteiger charge is -1.83. The van der Waals surface area contributed by atoms with Crippen LogP contribution in [0.15, 0.2) is 11.8 Å². The first-order chi connectivity index (χ1) is 3.43. The summed E-state index contributed by atoms with van der Waals surface area (Å²) < 4.78 is 0. The topological polar surface area (TPSA) is 47.1 Å². The Morgan fingerprint density at radius 2 is 2.86 bits per heavy atom. The summed E-state index contributed by atoms with van der Waals surface area (Å²) >= 11 is 0. The molecule has 0 aliphatic carbocycles. The van der Waals surface area contributed by atoms with Crippen LogP contribution in [0, 0.1) is 11.3 Å². The smallest absolute Gasteiger partial charge is 0.223 e. The Bertz CT molecular complexity index is 133. The molecule has 35 valence electrons. The van der Waals surface area contributed by atoms with Gasteiger partial charge in [0.2, 0.25) is 5.76 Å². The molecular formula is C4H3N2O. The first kappa shape index (κ1) is 4.16. The molecular weight excluding hydrogens is 92.1 g/mol. The van der Waals surface area contributed by atoms with Crippen molar-refractivity contribution < 1.29 is 4.84 Å². The molecule has 0 aromatic rings. The van der Waals surface area contributed by atoms with Crippen LogP contribution in [0.2, 0.25) is 0 Å². The molecule has 7 heavy (non-hydrogen) atoms. The van der Waals surface area contributed by atoms with E-state index in [4.69, 9.17) is 5.26 Å². The van der Waals surface area contributed by atoms with Crippen molar-refractivity contribution in [1.29, 1.82) is 5.26 Å². The van der Waals surface area contributed by atoms with E-state index in [1.54, 1.807) is 6.08 Å². The molecule has 3 heteroatoms. The summed E-state index contributed by atoms with van der Waals surface area (Å²) in [5, 5.41) is 8.06. The molecule has 0 amide bonds. The molecule has 0 aromatic carbocycles. The SMILES string of the molecule is N#CC1=CC[N]O1. The molecule has 0 saturated carbocycles. The van der Waals surface area contributed by atoms with Gasteiger partial charge in [-0.25, -0.2) is 0 Å². The molecule has 1 radical (unpaired) electrons. The minimum atomic E-state index is 0.306. The van der Waals surface area contributed by atoms with Crippen molar-refractivity contribution in [3.05, 3.63) is 11.8 Å². The van der Waals surface area contributed by atoms with E-state index >= 15 is 0 Å². The van der Waals surface area contributed by atoms with Gasteiger partial charge in [-0.1, -0.05) is 0 Å². The number of hydroxylamine groups is 1. The van der Waals surface area contributed by atoms with Crippen molar-refractivity contribution in [3.63, 3.8) is 0 Å². The van der Waals surface area contributed by atoms with E-state index in [9.17, 15) is 0 Å². The zero-order chi connectivity index (χ0) is 5.11. The molecule has 0 fully saturated rings. The Labute approximate surface area is 41.1 Å². The Kier molecular flexibility index (Phi) is 0.966. The average molecular weight is 95.1 g/mol. The summed E-state index contributed by atoms with van der Waals surface area (Å²) in [6.45, 7) is 0.517. The van der Waals surface area contributed by atoms with Crippen LogP contribution in [-0.4, -0.2) is 6.54 Å². The maximum atomic E-state index is 8.06. The van der Waals surface area contributed by atoms with Gasteiger partial charge in [0.25, 0.3) is 0 Å². The number of hydrogen-bond donors (Lipinski definition) is 0. The lowest BCUT2D eigenvalue weighted by molar-refractivity contribution is 0.141. The van der Waals surface area contributed by atoms with Gasteiger partial charge in [0.1, 0.15) is 6.07 Å². The highest BCUT2D eigenvalue weighted by Gasteiger charge is 2.02. The van der Waals surface area contributed by atoms with Crippen molar-refractivity contribution in [2.24, 2.45) is 0 Å². The van der Waals surface area contributed by atoms with Gasteiger partial charge in [-0.05, 0) is 11.6 Å². The third kappa shape index (κ3) is 0.699. The fourth-order valence-corrected chi connectivity index (χ4v) is 0.330. The van der Waals surface area contributed by atoms with Crippen LogP contribution in [0.5, 0.6) is 0 Å². The van der Waals surface area contributed by atoms with E-state index in [1.807, 2.05) is 6.07 Å². The van der Waals surface area contributed by atoms with E-state index in [1.165, 1.54) is 0 Å². The van der Waals surface area contributed by atoms with Crippen molar-refractivity contribution >= 4 is 0 Å². The summed E-state index contributed by atoms with van der Waals surface area (Å²) in [5.74, 6) is 0.306. The Morgan fingerprint density at radius 1 is 2.00 bits per heavy atom. The molecule has 1 aliphatic heterocycles. The molecule has 0 unspecified atom stereocenters. The standard InChI is InChI=1S/C4H3N2O/c5-3-4-1-2-6-7-4/h1H,2H2. The van der Waals surface area contributed by atoms with E-state index in [2.05, 4.69) is 10.3 Å². The third-order valence-corrected chi connectivity index (χ3v) is 0.624. The second-order valence-electron chi connectivity index (χ2n) is 1.08. The highest BCUT2D eigenvalue weighted by molar-refractivity contribution is 5.15. The van der Waals surface area contributed by atoms with Gasteiger partial charge in [0, 0.05) is 0 Å². The maximum absolute atomic E-state index is 8.06. The molecule has 0 aromatic heterocycles. The molecule has 0 bridgehead atoms. The van der Waals surface area contributed by atoms with Crippen LogP contribution >= 0.6 is 0 Å². The van der Waals surface area contributed by atoms with Crippen molar-refractivity contribution in [2.45, 2.75) is 0 Å². The second-order valence-corrected chi connectivity index (χ2v) is 1.08. The van der Waals surface area contributed by atoms with Crippen LogP contribution in [-0.2, 0) is 4.84 Å². The van der Waals surface area contributed by atoms with Crippen LogP contribution in [0.3, 0.4) is 0 Å². The fraction of sp³-hybridized carbons (Fsp3) is 0.250. The summed E-state index contributed by atoms with van der Waals surface area (Å²) in [6.07, 6.45) is 1.62. The summed E-state index contributed by atoms with van der Waals surface area (Å²) in [5.41, 5.74) is 3.42. The highest BCUT2D eigenvalue weighted by Crippen LogP contribution is 1.97. The lowest BCUT2D eigenvalue weighted by atomic mass is 10.5. The van der Waals surface area contributed by atoms with Gasteiger partial charge in [-0.2, -0.15) is 5.26 Å². The fourth-order valence-electron chi connectivity index (χ4n) is 0.330. The van der Waals surface area contributed by atoms with Crippen LogP contribution in [0.25, 0.3) is 0 Å². The van der Waals surface area contributed by atoms with E-state index in [-0.39, 0.29) is 0 Å². The first-order valence-corrected chi connectivity index (χ1v) is 1.87. The van der Waals surface area contributed by atoms with Crippen molar-refractivity contribution in [2.75, 3.05) is 6.54 Å². The van der Waals surface area contributed by atoms with Crippen LogP contribution in [0.1, 0.15) is 0 Å². The molecule has 1 heterocycles. The predicted molar refractivity (Wildman–Crippen MR) is 21.8 cm³/mol. The van der Waals surface area contributed by atoms with Crippen LogP contribution in [0.4, 0.5) is 0 Å². The summed E-state index contributed by atoms with van der Waals surface area (Å²) in [6, 6.07) is 1.81. The first-order valence-electron chi connectivity index (χ1n) is 1.87. The van der Waals surface area contributed by atoms with Crippen molar-refractivity contribution in [1.82, 2.24) is 5.48 Å². The summed E-state index contributed by atoms with van der Waals surface area (Å²) in [4.78, 5) is 4.43. The zero-order valence-electron chi connectivity index (χ0n) is 3.59. The predicted octanol–water partition coefficient (Wildman–Crippen LogP) is -0.0565. The number of allylic oxidation sites excluding steroid dienone is 1. The Hall–Kier alpha value is -1.01. The van der Waals surface area contributed by atoms with Gasteiger partial charge in [-0.3, -0.25) is 0 Å². The molecule has 3 nitrogen and oxygen atoms in total. The molecule has 0 atom stereocenters. The minimum absolute atomic E-state index is 0.306. The van der Waals surface area contributed by atoms with Crippen LogP contribution < -0.4 is 5.48 Å². The van der Waals surface area contributed by atoms with E-state index in [0.717, 1.165) is 0 Å². The van der Waals surface area contributed by atoms with Gasteiger partial charge in [-0.15, -0.1) is 0 Å². The van der Waals surface area contributed by atoms with Gasteiger partial charge in [0.05, 0.1) is 6.54 Å². The largest absolute Gasteiger partial charge is 0.377 e. The molecule has 1 aliphatic rings. The molecule has 0 N–H and O–H groups in total.